The molecule has 0 aromatic heterocycles. The van der Waals surface area contributed by atoms with Gasteiger partial charge >= 0.3 is 0 Å². The summed E-state index contributed by atoms with van der Waals surface area (Å²) in [7, 11) is 0. The lowest BCUT2D eigenvalue weighted by molar-refractivity contribution is 0.0560. The highest BCUT2D eigenvalue weighted by molar-refractivity contribution is 6.00. The predicted octanol–water partition coefficient (Wildman–Crippen LogP) is 4.33. The number of ether oxygens (including phenoxy) is 4. The van der Waals surface area contributed by atoms with Gasteiger partial charge in [-0.3, -0.25) is 20.2 Å². The van der Waals surface area contributed by atoms with Crippen LogP contribution in [0.1, 0.15) is 55.3 Å². The summed E-state index contributed by atoms with van der Waals surface area (Å²) in [5.41, 5.74) is 5.22. The van der Waals surface area contributed by atoms with Gasteiger partial charge in [0.05, 0.1) is 0 Å². The normalized spacial score (nSPS) is 19.1. The van der Waals surface area contributed by atoms with Crippen LogP contribution in [0.2, 0.25) is 0 Å². The van der Waals surface area contributed by atoms with Gasteiger partial charge in [-0.15, -0.1) is 0 Å². The molecule has 8 rings (SSSR count). The lowest BCUT2D eigenvalue weighted by Gasteiger charge is -2.31. The highest BCUT2D eigenvalue weighted by Gasteiger charge is 2.40. The van der Waals surface area contributed by atoms with Crippen LogP contribution in [0, 0.1) is 0 Å². The third-order valence-corrected chi connectivity index (χ3v) is 8.57. The Morgan fingerprint density at radius 2 is 1.00 bits per heavy atom. The molecule has 0 spiro atoms. The predicted molar refractivity (Wildman–Crippen MR) is 159 cm³/mol. The molecule has 0 fully saturated rings. The first-order chi connectivity index (χ1) is 21.6. The van der Waals surface area contributed by atoms with E-state index in [1.807, 2.05) is 94.7 Å². The molecular formula is C34H30N4O6. The number of carbonyl (C=O) groups excluding carboxylic acids is 2. The summed E-state index contributed by atoms with van der Waals surface area (Å²) in [6, 6.07) is 27.0. The summed E-state index contributed by atoms with van der Waals surface area (Å²) in [6.45, 7) is 2.19. The van der Waals surface area contributed by atoms with E-state index in [2.05, 4.69) is 10.6 Å². The lowest BCUT2D eigenvalue weighted by Crippen LogP contribution is -2.44. The molecule has 2 atom stereocenters. The van der Waals surface area contributed by atoms with Gasteiger partial charge in [0, 0.05) is 48.4 Å². The van der Waals surface area contributed by atoms with Crippen molar-refractivity contribution in [2.24, 2.45) is 0 Å². The molecule has 0 radical (unpaired) electrons. The Kier molecular flexibility index (Phi) is 6.58. The number of rotatable bonds is 9. The minimum atomic E-state index is -0.343. The number of nitrogens with zero attached hydrogens (tertiary/aromatic N) is 2. The summed E-state index contributed by atoms with van der Waals surface area (Å²) in [6.07, 6.45) is -0.687. The average Bonchev–Trinajstić information content (AvgIpc) is 3.83. The van der Waals surface area contributed by atoms with E-state index >= 15 is 0 Å². The Morgan fingerprint density at radius 1 is 0.568 bits per heavy atom. The zero-order valence-electron chi connectivity index (χ0n) is 23.8. The highest BCUT2D eigenvalue weighted by atomic mass is 16.7. The maximum Gasteiger partial charge on any atom is 0.255 e. The molecule has 0 unspecified atom stereocenters. The minimum absolute atomic E-state index is 0.0576. The molecule has 4 aliphatic rings. The van der Waals surface area contributed by atoms with Crippen molar-refractivity contribution in [3.8, 4) is 23.0 Å². The van der Waals surface area contributed by atoms with E-state index in [1.54, 1.807) is 0 Å². The first-order valence-electron chi connectivity index (χ1n) is 14.7. The molecule has 0 saturated carbocycles. The number of nitrogens with one attached hydrogen (secondary N) is 2. The zero-order valence-corrected chi connectivity index (χ0v) is 23.8. The van der Waals surface area contributed by atoms with Crippen LogP contribution in [-0.4, -0.2) is 48.3 Å². The second kappa shape index (κ2) is 10.9. The van der Waals surface area contributed by atoms with Gasteiger partial charge in [0.2, 0.25) is 13.6 Å². The third kappa shape index (κ3) is 4.59. The van der Waals surface area contributed by atoms with Gasteiger partial charge in [-0.25, -0.2) is 0 Å². The smallest absolute Gasteiger partial charge is 0.255 e. The molecule has 222 valence electrons. The van der Waals surface area contributed by atoms with Crippen LogP contribution in [0.25, 0.3) is 0 Å². The van der Waals surface area contributed by atoms with Gasteiger partial charge in [0.15, 0.2) is 23.0 Å². The van der Waals surface area contributed by atoms with Gasteiger partial charge < -0.3 is 28.7 Å². The van der Waals surface area contributed by atoms with Crippen molar-refractivity contribution in [1.29, 1.82) is 0 Å². The van der Waals surface area contributed by atoms with Crippen molar-refractivity contribution in [2.75, 3.05) is 26.7 Å². The van der Waals surface area contributed by atoms with Crippen LogP contribution in [0.5, 0.6) is 23.0 Å². The Labute approximate surface area is 254 Å². The Balaban J connectivity index is 1.01. The largest absolute Gasteiger partial charge is 0.454 e. The fourth-order valence-electron chi connectivity index (χ4n) is 6.39. The molecule has 4 heterocycles. The third-order valence-electron chi connectivity index (χ3n) is 8.57. The monoisotopic (exact) mass is 590 g/mol. The fourth-order valence-corrected chi connectivity index (χ4v) is 6.39. The molecule has 10 heteroatoms. The number of carbonyl (C=O) groups is 2. The SMILES string of the molecule is O=C1c2ccccc2[C@H](NCc2ccc3c(c2)OCO3)N1CCN1C(=O)c2ccccc2[C@@H]1NCc1ccc2c(c1)OCO2. The zero-order chi connectivity index (χ0) is 29.6. The van der Waals surface area contributed by atoms with Crippen LogP contribution in [0.3, 0.4) is 0 Å². The number of fused-ring (bicyclic) bond motifs is 4. The van der Waals surface area contributed by atoms with Gasteiger partial charge in [0.1, 0.15) is 12.3 Å². The summed E-state index contributed by atoms with van der Waals surface area (Å²) >= 11 is 0. The lowest BCUT2D eigenvalue weighted by atomic mass is 10.1. The van der Waals surface area contributed by atoms with Gasteiger partial charge in [-0.05, 0) is 47.5 Å². The fraction of sp³-hybridized carbons (Fsp3) is 0.235. The number of hydrogen-bond acceptors (Lipinski definition) is 8. The van der Waals surface area contributed by atoms with E-state index in [1.165, 1.54) is 0 Å². The van der Waals surface area contributed by atoms with Crippen LogP contribution in [0.4, 0.5) is 0 Å². The number of amides is 2. The number of hydrogen-bond donors (Lipinski definition) is 2. The molecule has 0 bridgehead atoms. The van der Waals surface area contributed by atoms with Crippen molar-refractivity contribution in [3.05, 3.63) is 118 Å². The topological polar surface area (TPSA) is 102 Å². The van der Waals surface area contributed by atoms with Crippen molar-refractivity contribution in [2.45, 2.75) is 25.4 Å². The Bertz CT molecular complexity index is 1650. The Hall–Kier alpha value is -5.06. The molecule has 4 aromatic rings. The van der Waals surface area contributed by atoms with Crippen LogP contribution >= 0.6 is 0 Å². The van der Waals surface area contributed by atoms with E-state index in [0.29, 0.717) is 37.3 Å². The maximum atomic E-state index is 13.7. The summed E-state index contributed by atoms with van der Waals surface area (Å²) < 4.78 is 22.0. The second-order valence-corrected chi connectivity index (χ2v) is 11.1. The van der Waals surface area contributed by atoms with Crippen LogP contribution in [0.15, 0.2) is 84.9 Å². The molecule has 4 aliphatic heterocycles. The molecule has 0 aliphatic carbocycles. The van der Waals surface area contributed by atoms with Gasteiger partial charge in [-0.1, -0.05) is 48.5 Å². The van der Waals surface area contributed by atoms with Crippen LogP contribution < -0.4 is 29.6 Å². The molecule has 0 saturated heterocycles. The molecule has 2 amide bonds. The molecule has 2 N–H and O–H groups in total. The van der Waals surface area contributed by atoms with E-state index in [0.717, 1.165) is 45.3 Å². The number of benzene rings is 4. The van der Waals surface area contributed by atoms with Crippen molar-refractivity contribution < 1.29 is 28.5 Å². The van der Waals surface area contributed by atoms with Crippen molar-refractivity contribution in [3.63, 3.8) is 0 Å². The maximum absolute atomic E-state index is 13.7. The highest BCUT2D eigenvalue weighted by Crippen LogP contribution is 2.37. The quantitative estimate of drug-likeness (QED) is 0.297. The van der Waals surface area contributed by atoms with E-state index in [9.17, 15) is 9.59 Å². The average molecular weight is 591 g/mol. The van der Waals surface area contributed by atoms with E-state index < -0.39 is 0 Å². The van der Waals surface area contributed by atoms with Crippen molar-refractivity contribution >= 4 is 11.8 Å². The molecule has 4 aromatic carbocycles. The molecule has 44 heavy (non-hydrogen) atoms. The minimum Gasteiger partial charge on any atom is -0.454 e. The standard InChI is InChI=1S/C34H30N4O6/c39-33-25-7-3-1-5-23(25)31(35-17-21-9-11-27-29(15-21)43-19-41-27)37(33)13-14-38-32(24-6-2-4-8-26(24)34(38)40)36-18-22-10-12-28-30(16-22)44-20-42-28/h1-12,15-16,31-32,35-36H,13-14,17-20H2/t31-,32-/m1/s1. The van der Waals surface area contributed by atoms with E-state index in [4.69, 9.17) is 18.9 Å². The first kappa shape index (κ1) is 26.6. The first-order valence-corrected chi connectivity index (χ1v) is 14.7. The molecular weight excluding hydrogens is 560 g/mol. The van der Waals surface area contributed by atoms with Gasteiger partial charge in [0.25, 0.3) is 11.8 Å². The van der Waals surface area contributed by atoms with E-state index in [-0.39, 0.29) is 37.7 Å². The summed E-state index contributed by atoms with van der Waals surface area (Å²) in [5.74, 6) is 2.78. The summed E-state index contributed by atoms with van der Waals surface area (Å²) in [5, 5.41) is 7.15. The van der Waals surface area contributed by atoms with Crippen molar-refractivity contribution in [1.82, 2.24) is 20.4 Å². The van der Waals surface area contributed by atoms with Crippen LogP contribution in [-0.2, 0) is 13.1 Å². The van der Waals surface area contributed by atoms with Gasteiger partial charge in [-0.2, -0.15) is 0 Å². The summed E-state index contributed by atoms with van der Waals surface area (Å²) in [4.78, 5) is 31.0. The second-order valence-electron chi connectivity index (χ2n) is 11.1. The molecule has 10 nitrogen and oxygen atoms in total. The Morgan fingerprint density at radius 3 is 1.48 bits per heavy atom.